The molecule has 102 valence electrons. The SMILES string of the molecule is Brc1ccc(CNC(c2ccccc2)c2nccs2)o1. The van der Waals surface area contributed by atoms with Crippen molar-refractivity contribution in [2.24, 2.45) is 0 Å². The van der Waals surface area contributed by atoms with E-state index in [1.54, 1.807) is 11.3 Å². The van der Waals surface area contributed by atoms with E-state index in [1.165, 1.54) is 5.56 Å². The molecule has 0 spiro atoms. The molecule has 2 aromatic heterocycles. The zero-order chi connectivity index (χ0) is 13.8. The molecule has 0 amide bonds. The minimum atomic E-state index is 0.0834. The van der Waals surface area contributed by atoms with Crippen LogP contribution in [-0.2, 0) is 6.54 Å². The van der Waals surface area contributed by atoms with E-state index >= 15 is 0 Å². The number of hydrogen-bond acceptors (Lipinski definition) is 4. The van der Waals surface area contributed by atoms with Crippen molar-refractivity contribution in [1.29, 1.82) is 0 Å². The summed E-state index contributed by atoms with van der Waals surface area (Å²) in [5.74, 6) is 0.898. The van der Waals surface area contributed by atoms with Crippen LogP contribution in [0.3, 0.4) is 0 Å². The number of rotatable bonds is 5. The van der Waals surface area contributed by atoms with Crippen LogP contribution in [0.1, 0.15) is 22.4 Å². The maximum atomic E-state index is 5.52. The highest BCUT2D eigenvalue weighted by Gasteiger charge is 2.16. The summed E-state index contributed by atoms with van der Waals surface area (Å²) in [6, 6.07) is 14.3. The first-order valence-electron chi connectivity index (χ1n) is 6.25. The maximum Gasteiger partial charge on any atom is 0.169 e. The van der Waals surface area contributed by atoms with Gasteiger partial charge in [0.25, 0.3) is 0 Å². The van der Waals surface area contributed by atoms with Crippen LogP contribution in [0.2, 0.25) is 0 Å². The largest absolute Gasteiger partial charge is 0.453 e. The van der Waals surface area contributed by atoms with E-state index in [2.05, 4.69) is 38.4 Å². The second kappa shape index (κ2) is 6.35. The molecule has 20 heavy (non-hydrogen) atoms. The normalized spacial score (nSPS) is 12.4. The number of nitrogens with one attached hydrogen (secondary N) is 1. The number of benzene rings is 1. The van der Waals surface area contributed by atoms with Gasteiger partial charge in [0.1, 0.15) is 10.8 Å². The van der Waals surface area contributed by atoms with Gasteiger partial charge in [0.2, 0.25) is 0 Å². The second-order valence-electron chi connectivity index (χ2n) is 4.30. The lowest BCUT2D eigenvalue weighted by molar-refractivity contribution is 0.453. The van der Waals surface area contributed by atoms with Gasteiger partial charge >= 0.3 is 0 Å². The fourth-order valence-electron chi connectivity index (χ4n) is 2.02. The summed E-state index contributed by atoms with van der Waals surface area (Å²) in [5, 5.41) is 6.56. The fraction of sp³-hybridized carbons (Fsp3) is 0.133. The monoisotopic (exact) mass is 348 g/mol. The van der Waals surface area contributed by atoms with Crippen LogP contribution in [0.25, 0.3) is 0 Å². The Morgan fingerprint density at radius 3 is 2.70 bits per heavy atom. The van der Waals surface area contributed by atoms with Gasteiger partial charge in [0, 0.05) is 11.6 Å². The zero-order valence-corrected chi connectivity index (χ0v) is 13.0. The van der Waals surface area contributed by atoms with Crippen LogP contribution in [-0.4, -0.2) is 4.98 Å². The lowest BCUT2D eigenvalue weighted by Crippen LogP contribution is -2.21. The second-order valence-corrected chi connectivity index (χ2v) is 6.01. The molecule has 1 N–H and O–H groups in total. The Morgan fingerprint density at radius 2 is 2.05 bits per heavy atom. The van der Waals surface area contributed by atoms with Crippen LogP contribution in [0.15, 0.2) is 63.1 Å². The molecular formula is C15H13BrN2OS. The van der Waals surface area contributed by atoms with E-state index in [4.69, 9.17) is 4.42 Å². The van der Waals surface area contributed by atoms with Crippen LogP contribution in [0, 0.1) is 0 Å². The highest BCUT2D eigenvalue weighted by Crippen LogP contribution is 2.24. The Morgan fingerprint density at radius 1 is 1.20 bits per heavy atom. The number of thiazole rings is 1. The van der Waals surface area contributed by atoms with Crippen LogP contribution in [0.5, 0.6) is 0 Å². The van der Waals surface area contributed by atoms with E-state index < -0.39 is 0 Å². The van der Waals surface area contributed by atoms with E-state index in [9.17, 15) is 0 Å². The van der Waals surface area contributed by atoms with Gasteiger partial charge in [-0.25, -0.2) is 4.98 Å². The van der Waals surface area contributed by atoms with Gasteiger partial charge in [0.15, 0.2) is 4.67 Å². The minimum Gasteiger partial charge on any atom is -0.453 e. The standard InChI is InChI=1S/C15H13BrN2OS/c16-13-7-6-12(19-13)10-18-14(15-17-8-9-20-15)11-4-2-1-3-5-11/h1-9,14,18H,10H2. The number of aromatic nitrogens is 1. The third-order valence-electron chi connectivity index (χ3n) is 2.94. The minimum absolute atomic E-state index is 0.0834. The van der Waals surface area contributed by atoms with Crippen molar-refractivity contribution in [3.63, 3.8) is 0 Å². The van der Waals surface area contributed by atoms with Crippen LogP contribution < -0.4 is 5.32 Å². The quantitative estimate of drug-likeness (QED) is 0.743. The predicted octanol–water partition coefficient (Wildman–Crippen LogP) is 4.38. The Bertz CT molecular complexity index is 652. The summed E-state index contributed by atoms with van der Waals surface area (Å²) in [5.41, 5.74) is 1.20. The van der Waals surface area contributed by atoms with Gasteiger partial charge in [-0.05, 0) is 33.6 Å². The number of furan rings is 1. The Kier molecular flexibility index (Phi) is 4.30. The van der Waals surface area contributed by atoms with Crippen molar-refractivity contribution in [3.8, 4) is 0 Å². The molecule has 0 radical (unpaired) electrons. The van der Waals surface area contributed by atoms with Crippen molar-refractivity contribution in [3.05, 3.63) is 75.0 Å². The third kappa shape index (κ3) is 3.17. The molecule has 0 aliphatic rings. The van der Waals surface area contributed by atoms with Gasteiger partial charge in [0.05, 0.1) is 12.6 Å². The number of nitrogens with zero attached hydrogens (tertiary/aromatic N) is 1. The topological polar surface area (TPSA) is 38.1 Å². The lowest BCUT2D eigenvalue weighted by atomic mass is 10.1. The van der Waals surface area contributed by atoms with Gasteiger partial charge in [-0.15, -0.1) is 11.3 Å². The maximum absolute atomic E-state index is 5.52. The van der Waals surface area contributed by atoms with Crippen LogP contribution in [0.4, 0.5) is 0 Å². The van der Waals surface area contributed by atoms with Crippen molar-refractivity contribution >= 4 is 27.3 Å². The molecular weight excluding hydrogens is 336 g/mol. The molecule has 3 rings (SSSR count). The third-order valence-corrected chi connectivity index (χ3v) is 4.21. The van der Waals surface area contributed by atoms with E-state index in [-0.39, 0.29) is 6.04 Å². The summed E-state index contributed by atoms with van der Waals surface area (Å²) < 4.78 is 6.27. The molecule has 3 aromatic rings. The van der Waals surface area contributed by atoms with Crippen molar-refractivity contribution in [1.82, 2.24) is 10.3 Å². The van der Waals surface area contributed by atoms with Gasteiger partial charge < -0.3 is 4.42 Å². The lowest BCUT2D eigenvalue weighted by Gasteiger charge is -2.16. The van der Waals surface area contributed by atoms with Gasteiger partial charge in [-0.1, -0.05) is 30.3 Å². The van der Waals surface area contributed by atoms with Crippen molar-refractivity contribution in [2.75, 3.05) is 0 Å². The first kappa shape index (κ1) is 13.5. The molecule has 1 unspecified atom stereocenters. The molecule has 0 saturated carbocycles. The fourth-order valence-corrected chi connectivity index (χ4v) is 3.10. The predicted molar refractivity (Wildman–Crippen MR) is 83.6 cm³/mol. The van der Waals surface area contributed by atoms with Crippen molar-refractivity contribution in [2.45, 2.75) is 12.6 Å². The van der Waals surface area contributed by atoms with Gasteiger partial charge in [-0.2, -0.15) is 0 Å². The highest BCUT2D eigenvalue weighted by molar-refractivity contribution is 9.10. The summed E-state index contributed by atoms with van der Waals surface area (Å²) in [6.07, 6.45) is 1.83. The molecule has 0 fully saturated rings. The molecule has 1 aromatic carbocycles. The van der Waals surface area contributed by atoms with E-state index in [0.717, 1.165) is 15.4 Å². The molecule has 0 saturated heterocycles. The van der Waals surface area contributed by atoms with E-state index in [0.29, 0.717) is 6.54 Å². The van der Waals surface area contributed by atoms with Crippen molar-refractivity contribution < 1.29 is 4.42 Å². The summed E-state index contributed by atoms with van der Waals surface area (Å²) in [7, 11) is 0. The Labute approximate surface area is 129 Å². The molecule has 0 aliphatic carbocycles. The summed E-state index contributed by atoms with van der Waals surface area (Å²) >= 11 is 4.97. The number of hydrogen-bond donors (Lipinski definition) is 1. The molecule has 5 heteroatoms. The summed E-state index contributed by atoms with van der Waals surface area (Å²) in [4.78, 5) is 4.43. The Hall–Kier alpha value is -1.43. The molecule has 0 aliphatic heterocycles. The molecule has 0 bridgehead atoms. The first-order chi connectivity index (χ1) is 9.83. The van der Waals surface area contributed by atoms with Gasteiger partial charge in [-0.3, -0.25) is 5.32 Å². The zero-order valence-electron chi connectivity index (χ0n) is 10.6. The average Bonchev–Trinajstić information content (AvgIpc) is 3.12. The highest BCUT2D eigenvalue weighted by atomic mass is 79.9. The molecule has 2 heterocycles. The summed E-state index contributed by atoms with van der Waals surface area (Å²) in [6.45, 7) is 0.657. The number of halogens is 1. The smallest absolute Gasteiger partial charge is 0.169 e. The molecule has 3 nitrogen and oxygen atoms in total. The Balaban J connectivity index is 1.80. The first-order valence-corrected chi connectivity index (χ1v) is 7.92. The molecule has 1 atom stereocenters. The van der Waals surface area contributed by atoms with Crippen LogP contribution >= 0.6 is 27.3 Å². The van der Waals surface area contributed by atoms with E-state index in [1.807, 2.05) is 41.9 Å². The average molecular weight is 349 g/mol.